The molecule has 0 heterocycles. The highest BCUT2D eigenvalue weighted by atomic mass is 31.2. The minimum absolute atomic E-state index is 0.000382. The molecule has 3 atom stereocenters. The number of aliphatic hydroxyl groups is 1. The number of phosphoric acid groups is 1. The van der Waals surface area contributed by atoms with Crippen LogP contribution < -0.4 is 10.2 Å². The minimum atomic E-state index is -4.58. The number of unbranched alkanes of at least 4 members (excludes halogenated alkanes) is 25. The molecule has 314 valence electrons. The molecule has 8 nitrogen and oxygen atoms in total. The van der Waals surface area contributed by atoms with Crippen LogP contribution in [0.4, 0.5) is 0 Å². The Morgan fingerprint density at radius 1 is 0.642 bits per heavy atom. The minimum Gasteiger partial charge on any atom is -0.756 e. The van der Waals surface area contributed by atoms with E-state index < -0.39 is 20.0 Å². The molecule has 0 aliphatic carbocycles. The molecule has 9 heteroatoms. The molecule has 0 rings (SSSR count). The topological polar surface area (TPSA) is 108 Å². The Labute approximate surface area is 328 Å². The standard InChI is InChI=1S/C44H87N2O6P/c1-6-8-10-12-14-16-18-20-21-22-23-24-25-26-28-30-32-34-36-38-44(48)45-42(41-52-53(49,50)51-40-39-46(3,4)5)43(47)37-35-33-31-29-27-19-17-15-13-11-9-7-2/h20-21,35,37,42-43,47H,6-19,22-34,36,38-41H2,1-5H3,(H-,45,48,49,50)/b21-20-,37-35+. The quantitative estimate of drug-likeness (QED) is 0.0278. The molecule has 3 unspecified atom stereocenters. The van der Waals surface area contributed by atoms with E-state index in [2.05, 4.69) is 31.3 Å². The molecule has 0 bridgehead atoms. The van der Waals surface area contributed by atoms with Gasteiger partial charge in [-0.25, -0.2) is 0 Å². The zero-order valence-corrected chi connectivity index (χ0v) is 36.4. The molecule has 0 saturated carbocycles. The molecule has 0 fully saturated rings. The molecule has 0 aliphatic heterocycles. The van der Waals surface area contributed by atoms with Gasteiger partial charge in [0.2, 0.25) is 5.91 Å². The lowest BCUT2D eigenvalue weighted by Gasteiger charge is -2.29. The van der Waals surface area contributed by atoms with Crippen molar-refractivity contribution in [2.75, 3.05) is 40.9 Å². The molecule has 0 aromatic heterocycles. The van der Waals surface area contributed by atoms with Crippen LogP contribution in [0.25, 0.3) is 0 Å². The Bertz CT molecular complexity index is 922. The summed E-state index contributed by atoms with van der Waals surface area (Å²) in [5.41, 5.74) is 0. The maximum absolute atomic E-state index is 12.8. The lowest BCUT2D eigenvalue weighted by atomic mass is 10.0. The second-order valence-electron chi connectivity index (χ2n) is 16.4. The molecule has 0 aromatic rings. The van der Waals surface area contributed by atoms with Crippen molar-refractivity contribution in [2.24, 2.45) is 0 Å². The highest BCUT2D eigenvalue weighted by Crippen LogP contribution is 2.38. The number of phosphoric ester groups is 1. The first-order chi connectivity index (χ1) is 25.5. The Balaban J connectivity index is 4.36. The zero-order chi connectivity index (χ0) is 39.3. The van der Waals surface area contributed by atoms with Gasteiger partial charge in [-0.15, -0.1) is 0 Å². The highest BCUT2D eigenvalue weighted by Gasteiger charge is 2.23. The van der Waals surface area contributed by atoms with Crippen LogP contribution in [0.3, 0.4) is 0 Å². The van der Waals surface area contributed by atoms with Crippen molar-refractivity contribution < 1.29 is 32.9 Å². The highest BCUT2D eigenvalue weighted by molar-refractivity contribution is 7.45. The number of carbonyl (C=O) groups excluding carboxylic acids is 1. The number of carbonyl (C=O) groups is 1. The number of nitrogens with one attached hydrogen (secondary N) is 1. The zero-order valence-electron chi connectivity index (χ0n) is 35.5. The average molecular weight is 771 g/mol. The summed E-state index contributed by atoms with van der Waals surface area (Å²) >= 11 is 0. The lowest BCUT2D eigenvalue weighted by molar-refractivity contribution is -0.870. The van der Waals surface area contributed by atoms with Crippen LogP contribution in [0.2, 0.25) is 0 Å². The first-order valence-electron chi connectivity index (χ1n) is 22.2. The van der Waals surface area contributed by atoms with E-state index in [1.807, 2.05) is 27.2 Å². The third-order valence-corrected chi connectivity index (χ3v) is 10.9. The van der Waals surface area contributed by atoms with Gasteiger partial charge in [0, 0.05) is 6.42 Å². The average Bonchev–Trinajstić information content (AvgIpc) is 3.10. The molecular formula is C44H87N2O6P. The second kappa shape index (κ2) is 36.6. The van der Waals surface area contributed by atoms with Gasteiger partial charge < -0.3 is 28.8 Å². The van der Waals surface area contributed by atoms with Gasteiger partial charge in [-0.3, -0.25) is 9.36 Å². The van der Waals surface area contributed by atoms with Crippen LogP contribution in [-0.2, 0) is 18.4 Å². The van der Waals surface area contributed by atoms with Crippen LogP contribution in [0.1, 0.15) is 200 Å². The SMILES string of the molecule is CCCCCCCC/C=C\CCCCCCCCCCCC(=O)NC(COP(=O)([O-])OCC[N+](C)(C)C)C(O)/C=C/CCCCCCCCCCCC. The van der Waals surface area contributed by atoms with Gasteiger partial charge in [-0.1, -0.05) is 173 Å². The van der Waals surface area contributed by atoms with Crippen molar-refractivity contribution in [3.8, 4) is 0 Å². The van der Waals surface area contributed by atoms with Gasteiger partial charge in [-0.2, -0.15) is 0 Å². The predicted molar refractivity (Wildman–Crippen MR) is 224 cm³/mol. The number of rotatable bonds is 40. The number of allylic oxidation sites excluding steroid dienone is 3. The van der Waals surface area contributed by atoms with Crippen molar-refractivity contribution >= 4 is 13.7 Å². The Hall–Kier alpha value is -1.02. The number of hydrogen-bond acceptors (Lipinski definition) is 6. The van der Waals surface area contributed by atoms with Gasteiger partial charge in [-0.05, 0) is 44.9 Å². The fraction of sp³-hybridized carbons (Fsp3) is 0.886. The van der Waals surface area contributed by atoms with Gasteiger partial charge >= 0.3 is 0 Å². The van der Waals surface area contributed by atoms with E-state index in [9.17, 15) is 19.4 Å². The molecule has 2 N–H and O–H groups in total. The predicted octanol–water partition coefficient (Wildman–Crippen LogP) is 11.5. The van der Waals surface area contributed by atoms with E-state index in [0.29, 0.717) is 17.4 Å². The maximum atomic E-state index is 12.8. The Morgan fingerprint density at radius 2 is 1.04 bits per heavy atom. The molecular weight excluding hydrogens is 683 g/mol. The van der Waals surface area contributed by atoms with Crippen molar-refractivity contribution in [3.05, 3.63) is 24.3 Å². The number of nitrogens with zero attached hydrogens (tertiary/aromatic N) is 1. The summed E-state index contributed by atoms with van der Waals surface area (Å²) in [6.45, 7) is 4.63. The molecule has 0 spiro atoms. The Morgan fingerprint density at radius 3 is 1.47 bits per heavy atom. The number of aliphatic hydroxyl groups excluding tert-OH is 1. The van der Waals surface area contributed by atoms with E-state index in [0.717, 1.165) is 38.5 Å². The van der Waals surface area contributed by atoms with Crippen molar-refractivity contribution in [3.63, 3.8) is 0 Å². The number of likely N-dealkylation sites (N-methyl/N-ethyl adjacent to an activating group) is 1. The summed E-state index contributed by atoms with van der Waals surface area (Å²) in [5.74, 6) is -0.201. The fourth-order valence-corrected chi connectivity index (χ4v) is 7.05. The smallest absolute Gasteiger partial charge is 0.268 e. The summed E-state index contributed by atoms with van der Waals surface area (Å²) in [7, 11) is 1.26. The molecule has 0 saturated heterocycles. The normalized spacial score (nSPS) is 14.6. The molecule has 0 aromatic carbocycles. The third-order valence-electron chi connectivity index (χ3n) is 9.91. The van der Waals surface area contributed by atoms with Crippen LogP contribution in [0.15, 0.2) is 24.3 Å². The number of hydrogen-bond donors (Lipinski definition) is 2. The molecule has 1 amide bonds. The monoisotopic (exact) mass is 771 g/mol. The van der Waals surface area contributed by atoms with Gasteiger partial charge in [0.25, 0.3) is 7.82 Å². The number of quaternary nitrogens is 1. The summed E-state index contributed by atoms with van der Waals surface area (Å²) in [5, 5.41) is 13.7. The van der Waals surface area contributed by atoms with Crippen LogP contribution >= 0.6 is 7.82 Å². The van der Waals surface area contributed by atoms with Gasteiger partial charge in [0.05, 0.1) is 39.9 Å². The summed E-state index contributed by atoms with van der Waals surface area (Å²) in [6.07, 6.45) is 42.2. The van der Waals surface area contributed by atoms with Crippen LogP contribution in [0, 0.1) is 0 Å². The molecule has 0 aliphatic rings. The second-order valence-corrected chi connectivity index (χ2v) is 17.8. The van der Waals surface area contributed by atoms with Crippen LogP contribution in [0.5, 0.6) is 0 Å². The van der Waals surface area contributed by atoms with Gasteiger partial charge in [0.1, 0.15) is 13.2 Å². The third kappa shape index (κ3) is 39.0. The van der Waals surface area contributed by atoms with Crippen LogP contribution in [-0.4, -0.2) is 68.5 Å². The molecule has 0 radical (unpaired) electrons. The van der Waals surface area contributed by atoms with Crippen molar-refractivity contribution in [1.82, 2.24) is 5.32 Å². The summed E-state index contributed by atoms with van der Waals surface area (Å²) in [6, 6.07) is -0.883. The van der Waals surface area contributed by atoms with E-state index in [1.165, 1.54) is 141 Å². The largest absolute Gasteiger partial charge is 0.756 e. The van der Waals surface area contributed by atoms with E-state index >= 15 is 0 Å². The summed E-state index contributed by atoms with van der Waals surface area (Å²) in [4.78, 5) is 25.3. The first kappa shape index (κ1) is 52.0. The van der Waals surface area contributed by atoms with E-state index in [-0.39, 0.29) is 19.1 Å². The summed E-state index contributed by atoms with van der Waals surface area (Å²) < 4.78 is 23.2. The first-order valence-corrected chi connectivity index (χ1v) is 23.7. The molecule has 53 heavy (non-hydrogen) atoms. The Kier molecular flexibility index (Phi) is 35.9. The van der Waals surface area contributed by atoms with E-state index in [1.54, 1.807) is 6.08 Å². The van der Waals surface area contributed by atoms with E-state index in [4.69, 9.17) is 9.05 Å². The lowest BCUT2D eigenvalue weighted by Crippen LogP contribution is -2.45. The van der Waals surface area contributed by atoms with Crippen molar-refractivity contribution in [2.45, 2.75) is 212 Å². The maximum Gasteiger partial charge on any atom is 0.268 e. The van der Waals surface area contributed by atoms with Crippen molar-refractivity contribution in [1.29, 1.82) is 0 Å². The van der Waals surface area contributed by atoms with Gasteiger partial charge in [0.15, 0.2) is 0 Å². The fourth-order valence-electron chi connectivity index (χ4n) is 6.32. The number of amides is 1.